The summed E-state index contributed by atoms with van der Waals surface area (Å²) in [7, 11) is 0. The van der Waals surface area contributed by atoms with E-state index in [1.807, 2.05) is 24.3 Å². The van der Waals surface area contributed by atoms with Crippen LogP contribution < -0.4 is 5.43 Å². The molecule has 29 heavy (non-hydrogen) atoms. The Morgan fingerprint density at radius 3 is 2.48 bits per heavy atom. The average molecular weight is 455 g/mol. The lowest BCUT2D eigenvalue weighted by Crippen LogP contribution is -2.19. The quantitative estimate of drug-likeness (QED) is 0.321. The van der Waals surface area contributed by atoms with Crippen LogP contribution in [0.2, 0.25) is 0 Å². The third-order valence-corrected chi connectivity index (χ3v) is 4.49. The van der Waals surface area contributed by atoms with E-state index in [9.17, 15) is 9.59 Å². The minimum absolute atomic E-state index is 0.218. The van der Waals surface area contributed by atoms with Gasteiger partial charge in [0.05, 0.1) is 24.8 Å². The zero-order valence-corrected chi connectivity index (χ0v) is 17.3. The number of ether oxygens (including phenoxy) is 1. The Labute approximate surface area is 176 Å². The van der Waals surface area contributed by atoms with Gasteiger partial charge in [0.1, 0.15) is 11.5 Å². The highest BCUT2D eigenvalue weighted by Gasteiger charge is 2.08. The van der Waals surface area contributed by atoms with Gasteiger partial charge >= 0.3 is 5.97 Å². The van der Waals surface area contributed by atoms with Gasteiger partial charge in [0.25, 0.3) is 0 Å². The third kappa shape index (κ3) is 5.89. The lowest BCUT2D eigenvalue weighted by Gasteiger charge is -2.02. The van der Waals surface area contributed by atoms with Crippen molar-refractivity contribution in [3.8, 4) is 11.3 Å². The molecule has 0 bridgehead atoms. The topological polar surface area (TPSA) is 80.9 Å². The molecule has 2 aromatic carbocycles. The molecule has 1 heterocycles. The van der Waals surface area contributed by atoms with E-state index in [4.69, 9.17) is 9.15 Å². The molecule has 1 amide bonds. The number of furan rings is 1. The van der Waals surface area contributed by atoms with E-state index in [1.165, 1.54) is 6.21 Å². The second kappa shape index (κ2) is 9.84. The molecule has 3 rings (SSSR count). The highest BCUT2D eigenvalue weighted by Crippen LogP contribution is 2.22. The molecule has 0 saturated heterocycles. The lowest BCUT2D eigenvalue weighted by molar-refractivity contribution is -0.120. The van der Waals surface area contributed by atoms with E-state index in [0.29, 0.717) is 23.7 Å². The fourth-order valence-electron chi connectivity index (χ4n) is 2.56. The van der Waals surface area contributed by atoms with Gasteiger partial charge in [-0.05, 0) is 48.9 Å². The normalized spacial score (nSPS) is 10.8. The first-order valence-electron chi connectivity index (χ1n) is 8.99. The van der Waals surface area contributed by atoms with Crippen LogP contribution in [0.15, 0.2) is 74.7 Å². The number of hydrazone groups is 1. The Kier molecular flexibility index (Phi) is 6.97. The first-order chi connectivity index (χ1) is 14.0. The van der Waals surface area contributed by atoms with Crippen molar-refractivity contribution in [2.45, 2.75) is 13.3 Å². The maximum Gasteiger partial charge on any atom is 0.338 e. The molecule has 0 aliphatic rings. The SMILES string of the molecule is CCOC(=O)c1ccc(-c2ccc(/C=N\NC(=O)Cc3ccc(Br)cc3)o2)cc1. The van der Waals surface area contributed by atoms with Crippen LogP contribution in [0, 0.1) is 0 Å². The van der Waals surface area contributed by atoms with Crippen LogP contribution in [0.4, 0.5) is 0 Å². The van der Waals surface area contributed by atoms with Crippen molar-refractivity contribution in [1.82, 2.24) is 5.43 Å². The molecule has 7 heteroatoms. The molecular formula is C22H19BrN2O4. The summed E-state index contributed by atoms with van der Waals surface area (Å²) in [6.07, 6.45) is 1.68. The summed E-state index contributed by atoms with van der Waals surface area (Å²) in [6.45, 7) is 2.10. The molecule has 3 aromatic rings. The number of hydrogen-bond acceptors (Lipinski definition) is 5. The highest BCUT2D eigenvalue weighted by atomic mass is 79.9. The standard InChI is InChI=1S/C22H19BrN2O4/c1-2-28-22(27)17-7-5-16(6-8-17)20-12-11-19(29-20)14-24-25-21(26)13-15-3-9-18(23)10-4-15/h3-12,14H,2,13H2,1H3,(H,25,26)/b24-14-. The first kappa shape index (κ1) is 20.5. The van der Waals surface area contributed by atoms with E-state index in [0.717, 1.165) is 15.6 Å². The summed E-state index contributed by atoms with van der Waals surface area (Å²) in [5.41, 5.74) is 4.68. The van der Waals surface area contributed by atoms with E-state index in [1.54, 1.807) is 43.3 Å². The summed E-state index contributed by atoms with van der Waals surface area (Å²) in [4.78, 5) is 23.6. The van der Waals surface area contributed by atoms with Gasteiger partial charge in [0.15, 0.2) is 0 Å². The van der Waals surface area contributed by atoms with Gasteiger partial charge in [-0.25, -0.2) is 10.2 Å². The van der Waals surface area contributed by atoms with Gasteiger partial charge in [-0.2, -0.15) is 5.10 Å². The van der Waals surface area contributed by atoms with Crippen molar-refractivity contribution < 1.29 is 18.7 Å². The van der Waals surface area contributed by atoms with Crippen molar-refractivity contribution >= 4 is 34.0 Å². The number of carbonyl (C=O) groups excluding carboxylic acids is 2. The van der Waals surface area contributed by atoms with Gasteiger partial charge < -0.3 is 9.15 Å². The van der Waals surface area contributed by atoms with E-state index in [-0.39, 0.29) is 18.3 Å². The Morgan fingerprint density at radius 2 is 1.79 bits per heavy atom. The lowest BCUT2D eigenvalue weighted by atomic mass is 10.1. The van der Waals surface area contributed by atoms with E-state index in [2.05, 4.69) is 26.5 Å². The summed E-state index contributed by atoms with van der Waals surface area (Å²) in [5, 5.41) is 3.93. The largest absolute Gasteiger partial charge is 0.462 e. The average Bonchev–Trinajstić information content (AvgIpc) is 3.19. The predicted molar refractivity (Wildman–Crippen MR) is 114 cm³/mol. The van der Waals surface area contributed by atoms with Crippen LogP contribution in [0.3, 0.4) is 0 Å². The molecule has 0 spiro atoms. The van der Waals surface area contributed by atoms with E-state index < -0.39 is 0 Å². The number of hydrogen-bond donors (Lipinski definition) is 1. The number of nitrogens with one attached hydrogen (secondary N) is 1. The second-order valence-electron chi connectivity index (χ2n) is 6.10. The van der Waals surface area contributed by atoms with Gasteiger partial charge in [0.2, 0.25) is 5.91 Å². The van der Waals surface area contributed by atoms with Crippen molar-refractivity contribution in [3.63, 3.8) is 0 Å². The fourth-order valence-corrected chi connectivity index (χ4v) is 2.82. The molecule has 1 N–H and O–H groups in total. The fraction of sp³-hybridized carbons (Fsp3) is 0.136. The predicted octanol–water partition coefficient (Wildman–Crippen LogP) is 4.58. The second-order valence-corrected chi connectivity index (χ2v) is 7.01. The molecular weight excluding hydrogens is 436 g/mol. The number of carbonyl (C=O) groups is 2. The van der Waals surface area contributed by atoms with Gasteiger partial charge in [-0.1, -0.05) is 40.2 Å². The number of halogens is 1. The number of benzene rings is 2. The molecule has 0 aliphatic heterocycles. The van der Waals surface area contributed by atoms with Crippen molar-refractivity contribution in [2.24, 2.45) is 5.10 Å². The highest BCUT2D eigenvalue weighted by molar-refractivity contribution is 9.10. The summed E-state index contributed by atoms with van der Waals surface area (Å²) in [5.74, 6) is 0.552. The van der Waals surface area contributed by atoms with Gasteiger partial charge in [-0.3, -0.25) is 4.79 Å². The maximum absolute atomic E-state index is 11.9. The first-order valence-corrected chi connectivity index (χ1v) is 9.78. The van der Waals surface area contributed by atoms with Crippen LogP contribution in [0.5, 0.6) is 0 Å². The van der Waals surface area contributed by atoms with Gasteiger partial charge in [0, 0.05) is 10.0 Å². The Balaban J connectivity index is 1.56. The summed E-state index contributed by atoms with van der Waals surface area (Å²) in [6, 6.07) is 18.0. The van der Waals surface area contributed by atoms with Crippen LogP contribution in [0.25, 0.3) is 11.3 Å². The summed E-state index contributed by atoms with van der Waals surface area (Å²) < 4.78 is 11.6. The Morgan fingerprint density at radius 1 is 1.07 bits per heavy atom. The Bertz CT molecular complexity index is 1010. The van der Waals surface area contributed by atoms with Crippen molar-refractivity contribution in [2.75, 3.05) is 6.61 Å². The van der Waals surface area contributed by atoms with Crippen LogP contribution in [-0.4, -0.2) is 24.7 Å². The number of nitrogens with zero attached hydrogens (tertiary/aromatic N) is 1. The third-order valence-electron chi connectivity index (χ3n) is 3.97. The smallest absolute Gasteiger partial charge is 0.338 e. The number of esters is 1. The van der Waals surface area contributed by atoms with Crippen LogP contribution in [-0.2, 0) is 16.0 Å². The van der Waals surface area contributed by atoms with Crippen molar-refractivity contribution in [1.29, 1.82) is 0 Å². The molecule has 0 saturated carbocycles. The Hall–Kier alpha value is -3.19. The minimum Gasteiger partial charge on any atom is -0.462 e. The maximum atomic E-state index is 11.9. The van der Waals surface area contributed by atoms with Crippen molar-refractivity contribution in [3.05, 3.63) is 82.0 Å². The van der Waals surface area contributed by atoms with Crippen LogP contribution in [0.1, 0.15) is 28.6 Å². The van der Waals surface area contributed by atoms with Gasteiger partial charge in [-0.15, -0.1) is 0 Å². The molecule has 0 aliphatic carbocycles. The molecule has 0 atom stereocenters. The molecule has 148 valence electrons. The van der Waals surface area contributed by atoms with Crippen LogP contribution >= 0.6 is 15.9 Å². The zero-order valence-electron chi connectivity index (χ0n) is 15.7. The molecule has 0 unspecified atom stereocenters. The summed E-state index contributed by atoms with van der Waals surface area (Å²) >= 11 is 3.36. The minimum atomic E-state index is -0.356. The molecule has 0 radical (unpaired) electrons. The monoisotopic (exact) mass is 454 g/mol. The van der Waals surface area contributed by atoms with E-state index >= 15 is 0 Å². The number of amides is 1. The molecule has 1 aromatic heterocycles. The molecule has 0 fully saturated rings. The zero-order chi connectivity index (χ0) is 20.6. The number of rotatable bonds is 7. The molecule has 6 nitrogen and oxygen atoms in total.